The van der Waals surface area contributed by atoms with Gasteiger partial charge in [0.2, 0.25) is 0 Å². The first-order chi connectivity index (χ1) is 9.31. The van der Waals surface area contributed by atoms with E-state index in [-0.39, 0.29) is 0 Å². The summed E-state index contributed by atoms with van der Waals surface area (Å²) in [7, 11) is 0. The SMILES string of the molecule is CCCc1ccnc(C#Cc2ccc(CC)cc2)c1. The van der Waals surface area contributed by atoms with Gasteiger partial charge in [0.25, 0.3) is 0 Å². The van der Waals surface area contributed by atoms with Crippen LogP contribution in [-0.4, -0.2) is 4.98 Å². The van der Waals surface area contributed by atoms with Crippen LogP contribution in [-0.2, 0) is 12.8 Å². The molecule has 0 bridgehead atoms. The summed E-state index contributed by atoms with van der Waals surface area (Å²) in [5.41, 5.74) is 4.54. The second-order valence-electron chi connectivity index (χ2n) is 4.60. The van der Waals surface area contributed by atoms with E-state index in [0.717, 1.165) is 30.5 Å². The zero-order valence-electron chi connectivity index (χ0n) is 11.6. The van der Waals surface area contributed by atoms with Crippen molar-refractivity contribution in [2.24, 2.45) is 0 Å². The van der Waals surface area contributed by atoms with Gasteiger partial charge in [0.1, 0.15) is 5.69 Å². The lowest BCUT2D eigenvalue weighted by Gasteiger charge is -1.98. The minimum absolute atomic E-state index is 0.852. The van der Waals surface area contributed by atoms with Crippen LogP contribution in [0.25, 0.3) is 0 Å². The third kappa shape index (κ3) is 3.96. The second-order valence-corrected chi connectivity index (χ2v) is 4.60. The topological polar surface area (TPSA) is 12.9 Å². The number of hydrogen-bond acceptors (Lipinski definition) is 1. The van der Waals surface area contributed by atoms with Gasteiger partial charge >= 0.3 is 0 Å². The Kier molecular flexibility index (Phi) is 4.75. The van der Waals surface area contributed by atoms with Crippen molar-refractivity contribution in [2.75, 3.05) is 0 Å². The largest absolute Gasteiger partial charge is 0.248 e. The minimum atomic E-state index is 0.852. The molecule has 0 saturated carbocycles. The van der Waals surface area contributed by atoms with Gasteiger partial charge in [-0.05, 0) is 54.2 Å². The van der Waals surface area contributed by atoms with Crippen LogP contribution in [0.4, 0.5) is 0 Å². The van der Waals surface area contributed by atoms with Gasteiger partial charge in [-0.3, -0.25) is 0 Å². The Morgan fingerprint density at radius 1 is 0.947 bits per heavy atom. The molecule has 0 N–H and O–H groups in total. The molecule has 0 saturated heterocycles. The summed E-state index contributed by atoms with van der Waals surface area (Å²) in [4.78, 5) is 4.30. The molecule has 1 nitrogen and oxygen atoms in total. The van der Waals surface area contributed by atoms with Crippen molar-refractivity contribution in [1.82, 2.24) is 4.98 Å². The molecule has 1 heterocycles. The Labute approximate surface area is 115 Å². The maximum absolute atomic E-state index is 4.30. The van der Waals surface area contributed by atoms with Crippen molar-refractivity contribution in [2.45, 2.75) is 33.1 Å². The number of aryl methyl sites for hydroxylation is 2. The predicted molar refractivity (Wildman–Crippen MR) is 80.0 cm³/mol. The van der Waals surface area contributed by atoms with Crippen LogP contribution >= 0.6 is 0 Å². The Balaban J connectivity index is 2.16. The fourth-order valence-electron chi connectivity index (χ4n) is 1.95. The van der Waals surface area contributed by atoms with Gasteiger partial charge in [-0.2, -0.15) is 0 Å². The lowest BCUT2D eigenvalue weighted by atomic mass is 10.1. The number of pyridine rings is 1. The van der Waals surface area contributed by atoms with Gasteiger partial charge in [0.15, 0.2) is 0 Å². The first kappa shape index (κ1) is 13.4. The summed E-state index contributed by atoms with van der Waals surface area (Å²) in [5.74, 6) is 6.31. The summed E-state index contributed by atoms with van der Waals surface area (Å²) in [6.07, 6.45) is 5.14. The average molecular weight is 249 g/mol. The van der Waals surface area contributed by atoms with E-state index in [1.54, 1.807) is 0 Å². The number of aromatic nitrogens is 1. The Bertz CT molecular complexity index is 585. The first-order valence-electron chi connectivity index (χ1n) is 6.87. The fourth-order valence-corrected chi connectivity index (χ4v) is 1.95. The molecule has 1 heteroatoms. The van der Waals surface area contributed by atoms with Crippen molar-refractivity contribution >= 4 is 0 Å². The molecule has 0 aliphatic heterocycles. The molecule has 1 aromatic heterocycles. The van der Waals surface area contributed by atoms with Crippen molar-refractivity contribution in [3.63, 3.8) is 0 Å². The van der Waals surface area contributed by atoms with E-state index in [2.05, 4.69) is 67.1 Å². The highest BCUT2D eigenvalue weighted by Crippen LogP contribution is 2.06. The molecule has 1 aromatic carbocycles. The molecular weight excluding hydrogens is 230 g/mol. The van der Waals surface area contributed by atoms with Gasteiger partial charge < -0.3 is 0 Å². The lowest BCUT2D eigenvalue weighted by Crippen LogP contribution is -1.88. The second kappa shape index (κ2) is 6.75. The zero-order chi connectivity index (χ0) is 13.5. The van der Waals surface area contributed by atoms with E-state index < -0.39 is 0 Å². The minimum Gasteiger partial charge on any atom is -0.248 e. The molecule has 0 spiro atoms. The molecule has 0 unspecified atom stereocenters. The van der Waals surface area contributed by atoms with Crippen molar-refractivity contribution < 1.29 is 0 Å². The number of nitrogens with zero attached hydrogens (tertiary/aromatic N) is 1. The monoisotopic (exact) mass is 249 g/mol. The van der Waals surface area contributed by atoms with Crippen LogP contribution in [0.1, 0.15) is 42.7 Å². The van der Waals surface area contributed by atoms with Crippen molar-refractivity contribution in [1.29, 1.82) is 0 Å². The standard InChI is InChI=1S/C18H19N/c1-3-5-17-12-13-19-18(14-17)11-10-16-8-6-15(4-2)7-9-16/h6-9,12-14H,3-5H2,1-2H3. The summed E-state index contributed by atoms with van der Waals surface area (Å²) >= 11 is 0. The molecule has 2 aromatic rings. The van der Waals surface area contributed by atoms with Crippen molar-refractivity contribution in [3.05, 3.63) is 65.0 Å². The van der Waals surface area contributed by atoms with Crippen LogP contribution in [0, 0.1) is 11.8 Å². The number of hydrogen-bond donors (Lipinski definition) is 0. The van der Waals surface area contributed by atoms with Gasteiger partial charge in [-0.1, -0.05) is 38.3 Å². The van der Waals surface area contributed by atoms with E-state index in [1.165, 1.54) is 11.1 Å². The highest BCUT2D eigenvalue weighted by atomic mass is 14.6. The van der Waals surface area contributed by atoms with Crippen LogP contribution in [0.3, 0.4) is 0 Å². The Hall–Kier alpha value is -2.07. The third-order valence-corrected chi connectivity index (χ3v) is 3.06. The normalized spacial score (nSPS) is 9.79. The highest BCUT2D eigenvalue weighted by Gasteiger charge is 1.94. The van der Waals surface area contributed by atoms with Crippen LogP contribution < -0.4 is 0 Å². The number of rotatable bonds is 3. The van der Waals surface area contributed by atoms with Crippen LogP contribution in [0.5, 0.6) is 0 Å². The molecule has 0 aliphatic carbocycles. The third-order valence-electron chi connectivity index (χ3n) is 3.06. The quantitative estimate of drug-likeness (QED) is 0.749. The zero-order valence-corrected chi connectivity index (χ0v) is 11.6. The first-order valence-corrected chi connectivity index (χ1v) is 6.87. The van der Waals surface area contributed by atoms with Gasteiger partial charge in [0.05, 0.1) is 0 Å². The summed E-state index contributed by atoms with van der Waals surface area (Å²) in [5, 5.41) is 0. The highest BCUT2D eigenvalue weighted by molar-refractivity contribution is 5.41. The molecule has 19 heavy (non-hydrogen) atoms. The maximum Gasteiger partial charge on any atom is 0.113 e. The van der Waals surface area contributed by atoms with E-state index in [4.69, 9.17) is 0 Å². The maximum atomic E-state index is 4.30. The molecular formula is C18H19N. The summed E-state index contributed by atoms with van der Waals surface area (Å²) in [6.45, 7) is 4.34. The van der Waals surface area contributed by atoms with Crippen LogP contribution in [0.15, 0.2) is 42.6 Å². The number of benzene rings is 1. The molecule has 0 radical (unpaired) electrons. The van der Waals surface area contributed by atoms with Gasteiger partial charge in [-0.15, -0.1) is 0 Å². The predicted octanol–water partition coefficient (Wildman–Crippen LogP) is 4.00. The molecule has 0 atom stereocenters. The van der Waals surface area contributed by atoms with Gasteiger partial charge in [0, 0.05) is 11.8 Å². The van der Waals surface area contributed by atoms with E-state index in [1.807, 2.05) is 6.20 Å². The molecule has 0 amide bonds. The summed E-state index contributed by atoms with van der Waals surface area (Å²) in [6, 6.07) is 12.5. The van der Waals surface area contributed by atoms with E-state index in [9.17, 15) is 0 Å². The Morgan fingerprint density at radius 2 is 1.74 bits per heavy atom. The Morgan fingerprint density at radius 3 is 2.42 bits per heavy atom. The summed E-state index contributed by atoms with van der Waals surface area (Å²) < 4.78 is 0. The van der Waals surface area contributed by atoms with Gasteiger partial charge in [-0.25, -0.2) is 4.98 Å². The molecule has 0 fully saturated rings. The molecule has 96 valence electrons. The fraction of sp³-hybridized carbons (Fsp3) is 0.278. The van der Waals surface area contributed by atoms with E-state index >= 15 is 0 Å². The van der Waals surface area contributed by atoms with E-state index in [0.29, 0.717) is 0 Å². The molecule has 0 aliphatic rings. The lowest BCUT2D eigenvalue weighted by molar-refractivity contribution is 0.917. The molecule has 2 rings (SSSR count). The smallest absolute Gasteiger partial charge is 0.113 e. The van der Waals surface area contributed by atoms with Crippen LogP contribution in [0.2, 0.25) is 0 Å². The van der Waals surface area contributed by atoms with Crippen molar-refractivity contribution in [3.8, 4) is 11.8 Å². The average Bonchev–Trinajstić information content (AvgIpc) is 2.46.